The zero-order valence-corrected chi connectivity index (χ0v) is 7.89. The van der Waals surface area contributed by atoms with E-state index in [-0.39, 0.29) is 22.2 Å². The molecule has 0 N–H and O–H groups in total. The molecule has 1 aromatic heterocycles. The first-order chi connectivity index (χ1) is 6.50. The number of ketones is 1. The molecule has 0 bridgehead atoms. The maximum absolute atomic E-state index is 11.8. The van der Waals surface area contributed by atoms with Crippen LogP contribution in [-0.4, -0.2) is 17.4 Å². The second kappa shape index (κ2) is 4.32. The number of hydrogen-bond acceptors (Lipinski definition) is 3. The molecule has 0 fully saturated rings. The van der Waals surface area contributed by atoms with E-state index in [9.17, 15) is 13.6 Å². The average Bonchev–Trinajstić information content (AvgIpc) is 2.01. The summed E-state index contributed by atoms with van der Waals surface area (Å²) >= 11 is 5.60. The van der Waals surface area contributed by atoms with E-state index < -0.39 is 6.61 Å². The molecule has 0 unspecified atom stereocenters. The summed E-state index contributed by atoms with van der Waals surface area (Å²) in [6.07, 6.45) is 1.02. The highest BCUT2D eigenvalue weighted by atomic mass is 35.5. The normalized spacial score (nSPS) is 10.4. The van der Waals surface area contributed by atoms with Crippen molar-refractivity contribution in [2.75, 3.05) is 0 Å². The highest BCUT2D eigenvalue weighted by molar-refractivity contribution is 6.33. The number of rotatable bonds is 3. The van der Waals surface area contributed by atoms with Gasteiger partial charge >= 0.3 is 6.61 Å². The number of pyridine rings is 1. The molecule has 0 aliphatic carbocycles. The fraction of sp³-hybridized carbons (Fsp3) is 0.250. The molecule has 0 saturated heterocycles. The molecule has 0 amide bonds. The third-order valence-electron chi connectivity index (χ3n) is 1.37. The van der Waals surface area contributed by atoms with Gasteiger partial charge in [-0.2, -0.15) is 8.78 Å². The molecule has 1 heterocycles. The minimum absolute atomic E-state index is 0.00403. The van der Waals surface area contributed by atoms with Crippen LogP contribution in [0.15, 0.2) is 12.3 Å². The van der Waals surface area contributed by atoms with Crippen molar-refractivity contribution in [1.29, 1.82) is 0 Å². The summed E-state index contributed by atoms with van der Waals surface area (Å²) in [5, 5.41) is -0.00403. The summed E-state index contributed by atoms with van der Waals surface area (Å²) in [6, 6.07) is 1.12. The van der Waals surface area contributed by atoms with Gasteiger partial charge in [-0.3, -0.25) is 4.79 Å². The van der Waals surface area contributed by atoms with Crippen molar-refractivity contribution in [3.8, 4) is 5.75 Å². The Labute approximate surface area is 83.7 Å². The fourth-order valence-electron chi connectivity index (χ4n) is 0.847. The lowest BCUT2D eigenvalue weighted by Crippen LogP contribution is -2.04. The minimum Gasteiger partial charge on any atom is -0.433 e. The number of nitrogens with zero attached hydrogens (tertiary/aromatic N) is 1. The molecule has 3 nitrogen and oxygen atoms in total. The standard InChI is InChI=1S/C8H6ClF2NO2/c1-4(13)7-6(9)2-5(3-12-7)14-8(10)11/h2-3,8H,1H3. The SMILES string of the molecule is CC(=O)c1ncc(OC(F)F)cc1Cl. The second-order valence-electron chi connectivity index (χ2n) is 2.44. The number of alkyl halides is 2. The lowest BCUT2D eigenvalue weighted by atomic mass is 10.3. The van der Waals surface area contributed by atoms with E-state index in [1.165, 1.54) is 6.92 Å². The highest BCUT2D eigenvalue weighted by Gasteiger charge is 2.10. The number of Topliss-reactive ketones (excluding diaryl/α,β-unsaturated/α-hetero) is 1. The summed E-state index contributed by atoms with van der Waals surface area (Å²) in [4.78, 5) is 14.5. The Morgan fingerprint density at radius 2 is 2.29 bits per heavy atom. The molecule has 76 valence electrons. The maximum Gasteiger partial charge on any atom is 0.387 e. The summed E-state index contributed by atoms with van der Waals surface area (Å²) in [5.74, 6) is -0.506. The summed E-state index contributed by atoms with van der Waals surface area (Å²) < 4.78 is 27.5. The third-order valence-corrected chi connectivity index (χ3v) is 1.66. The Bertz CT molecular complexity index is 357. The Morgan fingerprint density at radius 3 is 2.71 bits per heavy atom. The Hall–Kier alpha value is -1.23. The van der Waals surface area contributed by atoms with Crippen LogP contribution < -0.4 is 4.74 Å². The van der Waals surface area contributed by atoms with E-state index in [0.717, 1.165) is 12.3 Å². The fourth-order valence-corrected chi connectivity index (χ4v) is 1.14. The van der Waals surface area contributed by atoms with Gasteiger partial charge in [0.1, 0.15) is 11.4 Å². The molecule has 6 heteroatoms. The molecular weight excluding hydrogens is 216 g/mol. The molecule has 14 heavy (non-hydrogen) atoms. The molecule has 0 radical (unpaired) electrons. The molecule has 0 aromatic carbocycles. The number of ether oxygens (including phenoxy) is 1. The number of carbonyl (C=O) groups is 1. The maximum atomic E-state index is 11.8. The van der Waals surface area contributed by atoms with E-state index in [1.807, 2.05) is 0 Å². The zero-order chi connectivity index (χ0) is 10.7. The lowest BCUT2D eigenvalue weighted by Gasteiger charge is -2.05. The van der Waals surface area contributed by atoms with Crippen molar-refractivity contribution in [3.63, 3.8) is 0 Å². The Balaban J connectivity index is 2.94. The summed E-state index contributed by atoms with van der Waals surface area (Å²) in [6.45, 7) is -1.65. The number of aromatic nitrogens is 1. The summed E-state index contributed by atoms with van der Waals surface area (Å²) in [7, 11) is 0. The van der Waals surface area contributed by atoms with E-state index in [0.29, 0.717) is 0 Å². The van der Waals surface area contributed by atoms with Gasteiger partial charge in [-0.05, 0) is 0 Å². The van der Waals surface area contributed by atoms with Gasteiger partial charge in [0.25, 0.3) is 0 Å². The second-order valence-corrected chi connectivity index (χ2v) is 2.84. The van der Waals surface area contributed by atoms with Gasteiger partial charge in [0.05, 0.1) is 11.2 Å². The van der Waals surface area contributed by atoms with E-state index in [2.05, 4.69) is 9.72 Å². The highest BCUT2D eigenvalue weighted by Crippen LogP contribution is 2.21. The minimum atomic E-state index is -2.93. The van der Waals surface area contributed by atoms with Crippen LogP contribution in [0.1, 0.15) is 17.4 Å². The van der Waals surface area contributed by atoms with E-state index in [1.54, 1.807) is 0 Å². The van der Waals surface area contributed by atoms with Crippen LogP contribution in [0, 0.1) is 0 Å². The van der Waals surface area contributed by atoms with Gasteiger partial charge in [-0.1, -0.05) is 11.6 Å². The Morgan fingerprint density at radius 1 is 1.64 bits per heavy atom. The number of hydrogen-bond donors (Lipinski definition) is 0. The first kappa shape index (κ1) is 10.8. The van der Waals surface area contributed by atoms with Crippen LogP contribution >= 0.6 is 11.6 Å². The van der Waals surface area contributed by atoms with Crippen LogP contribution in [0.25, 0.3) is 0 Å². The van der Waals surface area contributed by atoms with Crippen LogP contribution in [0.2, 0.25) is 5.02 Å². The topological polar surface area (TPSA) is 39.2 Å². The van der Waals surface area contributed by atoms with Gasteiger partial charge < -0.3 is 4.74 Å². The predicted molar refractivity (Wildman–Crippen MR) is 45.9 cm³/mol. The molecule has 0 spiro atoms. The molecular formula is C8H6ClF2NO2. The van der Waals surface area contributed by atoms with Crippen molar-refractivity contribution in [1.82, 2.24) is 4.98 Å². The number of carbonyl (C=O) groups excluding carboxylic acids is 1. The smallest absolute Gasteiger partial charge is 0.387 e. The molecule has 0 saturated carbocycles. The quantitative estimate of drug-likeness (QED) is 0.737. The molecule has 1 aromatic rings. The van der Waals surface area contributed by atoms with Crippen LogP contribution in [0.5, 0.6) is 5.75 Å². The third kappa shape index (κ3) is 2.63. The monoisotopic (exact) mass is 221 g/mol. The molecule has 1 rings (SSSR count). The van der Waals surface area contributed by atoms with Crippen LogP contribution in [-0.2, 0) is 0 Å². The van der Waals surface area contributed by atoms with Crippen LogP contribution in [0.4, 0.5) is 8.78 Å². The summed E-state index contributed by atoms with van der Waals surface area (Å²) in [5.41, 5.74) is 0.0354. The molecule has 0 aliphatic rings. The van der Waals surface area contributed by atoms with Gasteiger partial charge in [0, 0.05) is 13.0 Å². The van der Waals surface area contributed by atoms with E-state index in [4.69, 9.17) is 11.6 Å². The van der Waals surface area contributed by atoms with Crippen molar-refractivity contribution in [2.45, 2.75) is 13.5 Å². The first-order valence-electron chi connectivity index (χ1n) is 3.62. The predicted octanol–water partition coefficient (Wildman–Crippen LogP) is 2.54. The largest absolute Gasteiger partial charge is 0.433 e. The van der Waals surface area contributed by atoms with Gasteiger partial charge in [0.2, 0.25) is 0 Å². The lowest BCUT2D eigenvalue weighted by molar-refractivity contribution is -0.0500. The first-order valence-corrected chi connectivity index (χ1v) is 4.00. The number of halogens is 3. The van der Waals surface area contributed by atoms with Crippen molar-refractivity contribution >= 4 is 17.4 Å². The van der Waals surface area contributed by atoms with Crippen molar-refractivity contribution in [3.05, 3.63) is 23.0 Å². The zero-order valence-electron chi connectivity index (χ0n) is 7.13. The van der Waals surface area contributed by atoms with E-state index >= 15 is 0 Å². The molecule has 0 aliphatic heterocycles. The van der Waals surface area contributed by atoms with Crippen LogP contribution in [0.3, 0.4) is 0 Å². The average molecular weight is 222 g/mol. The van der Waals surface area contributed by atoms with Crippen molar-refractivity contribution < 1.29 is 18.3 Å². The van der Waals surface area contributed by atoms with Gasteiger partial charge in [-0.25, -0.2) is 4.98 Å². The Kier molecular flexibility index (Phi) is 3.35. The van der Waals surface area contributed by atoms with Crippen molar-refractivity contribution in [2.24, 2.45) is 0 Å². The van der Waals surface area contributed by atoms with Gasteiger partial charge in [0.15, 0.2) is 5.78 Å². The molecule has 0 atom stereocenters. The van der Waals surface area contributed by atoms with Gasteiger partial charge in [-0.15, -0.1) is 0 Å².